The average Bonchev–Trinajstić information content (AvgIpc) is 3.18. The lowest BCUT2D eigenvalue weighted by Gasteiger charge is -2.05. The van der Waals surface area contributed by atoms with Crippen molar-refractivity contribution in [3.8, 4) is 0 Å². The first-order chi connectivity index (χ1) is 11.3. The number of anilines is 1. The van der Waals surface area contributed by atoms with Crippen LogP contribution >= 0.6 is 11.3 Å². The quantitative estimate of drug-likeness (QED) is 0.725. The van der Waals surface area contributed by atoms with Gasteiger partial charge in [0, 0.05) is 11.8 Å². The fourth-order valence-electron chi connectivity index (χ4n) is 2.94. The predicted molar refractivity (Wildman–Crippen MR) is 95.8 cm³/mol. The monoisotopic (exact) mass is 320 g/mol. The van der Waals surface area contributed by atoms with E-state index in [-0.39, 0.29) is 5.91 Å². The largest absolute Gasteiger partial charge is 0.323 e. The number of aryl methyl sites for hydroxylation is 2. The third-order valence-corrected chi connectivity index (χ3v) is 5.06. The van der Waals surface area contributed by atoms with Gasteiger partial charge in [0.15, 0.2) is 0 Å². The van der Waals surface area contributed by atoms with E-state index in [0.29, 0.717) is 0 Å². The molecule has 23 heavy (non-hydrogen) atoms. The molecule has 1 aliphatic carbocycles. The van der Waals surface area contributed by atoms with Crippen molar-refractivity contribution < 1.29 is 4.79 Å². The second kappa shape index (κ2) is 5.97. The summed E-state index contributed by atoms with van der Waals surface area (Å²) in [5.74, 6) is -0.123. The molecule has 1 N–H and O–H groups in total. The Labute approximate surface area is 138 Å². The maximum atomic E-state index is 12.1. The maximum Gasteiger partial charge on any atom is 0.248 e. The van der Waals surface area contributed by atoms with E-state index in [2.05, 4.69) is 22.4 Å². The summed E-state index contributed by atoms with van der Waals surface area (Å²) in [6.07, 6.45) is 6.80. The third kappa shape index (κ3) is 3.03. The van der Waals surface area contributed by atoms with Crippen LogP contribution in [0.2, 0.25) is 0 Å². The maximum absolute atomic E-state index is 12.1. The summed E-state index contributed by atoms with van der Waals surface area (Å²) in [5, 5.41) is 3.77. The fraction of sp³-hybridized carbons (Fsp3) is 0.158. The molecule has 4 rings (SSSR count). The van der Waals surface area contributed by atoms with Gasteiger partial charge in [0.25, 0.3) is 0 Å². The lowest BCUT2D eigenvalue weighted by Crippen LogP contribution is -2.07. The Hall–Kier alpha value is -2.46. The van der Waals surface area contributed by atoms with Gasteiger partial charge in [0.1, 0.15) is 5.01 Å². The standard InChI is InChI=1S/C19H16N2OS/c22-18(20-15-9-8-13-4-3-5-14(13)12-15)10-11-19-21-16-6-1-2-7-17(16)23-19/h1-2,6-12H,3-5H2,(H,20,22)/b11-10+. The number of fused-ring (bicyclic) bond motifs is 2. The van der Waals surface area contributed by atoms with Gasteiger partial charge >= 0.3 is 0 Å². The SMILES string of the molecule is O=C(/C=C/c1nc2ccccc2s1)Nc1ccc2c(c1)CCC2. The van der Waals surface area contributed by atoms with Gasteiger partial charge in [0.2, 0.25) is 5.91 Å². The third-order valence-electron chi connectivity index (χ3n) is 4.05. The number of carbonyl (C=O) groups excluding carboxylic acids is 1. The molecule has 1 aliphatic rings. The van der Waals surface area contributed by atoms with E-state index in [1.807, 2.05) is 30.3 Å². The van der Waals surface area contributed by atoms with Gasteiger partial charge in [-0.2, -0.15) is 0 Å². The molecule has 0 saturated heterocycles. The Bertz CT molecular complexity index is 878. The first kappa shape index (κ1) is 14.2. The summed E-state index contributed by atoms with van der Waals surface area (Å²) >= 11 is 1.58. The number of hydrogen-bond acceptors (Lipinski definition) is 3. The molecule has 0 radical (unpaired) electrons. The Morgan fingerprint density at radius 2 is 2.00 bits per heavy atom. The molecule has 0 atom stereocenters. The van der Waals surface area contributed by atoms with E-state index in [1.54, 1.807) is 23.5 Å². The molecule has 0 bridgehead atoms. The molecule has 0 aliphatic heterocycles. The molecule has 4 heteroatoms. The Kier molecular flexibility index (Phi) is 3.67. The first-order valence-corrected chi connectivity index (χ1v) is 8.56. The van der Waals surface area contributed by atoms with Crippen LogP contribution in [0.5, 0.6) is 0 Å². The van der Waals surface area contributed by atoms with Crippen LogP contribution < -0.4 is 5.32 Å². The number of hydrogen-bond donors (Lipinski definition) is 1. The van der Waals surface area contributed by atoms with Crippen LogP contribution in [0, 0.1) is 0 Å². The number of carbonyl (C=O) groups is 1. The molecule has 0 unspecified atom stereocenters. The highest BCUT2D eigenvalue weighted by Crippen LogP contribution is 2.25. The van der Waals surface area contributed by atoms with Crippen molar-refractivity contribution in [2.75, 3.05) is 5.32 Å². The number of para-hydroxylation sites is 1. The summed E-state index contributed by atoms with van der Waals surface area (Å²) in [6.45, 7) is 0. The highest BCUT2D eigenvalue weighted by atomic mass is 32.1. The predicted octanol–water partition coefficient (Wildman–Crippen LogP) is 4.44. The number of benzene rings is 2. The minimum atomic E-state index is -0.123. The van der Waals surface area contributed by atoms with E-state index in [9.17, 15) is 4.79 Å². The van der Waals surface area contributed by atoms with E-state index >= 15 is 0 Å². The number of rotatable bonds is 3. The number of aromatic nitrogens is 1. The van der Waals surface area contributed by atoms with Crippen molar-refractivity contribution >= 4 is 39.2 Å². The van der Waals surface area contributed by atoms with Crippen molar-refractivity contribution in [2.45, 2.75) is 19.3 Å². The summed E-state index contributed by atoms with van der Waals surface area (Å²) < 4.78 is 1.13. The summed E-state index contributed by atoms with van der Waals surface area (Å²) in [5.41, 5.74) is 4.60. The lowest BCUT2D eigenvalue weighted by atomic mass is 10.1. The summed E-state index contributed by atoms with van der Waals surface area (Å²) in [4.78, 5) is 16.6. The molecule has 0 fully saturated rings. The van der Waals surface area contributed by atoms with Gasteiger partial charge in [-0.05, 0) is 60.7 Å². The van der Waals surface area contributed by atoms with E-state index < -0.39 is 0 Å². The van der Waals surface area contributed by atoms with E-state index in [0.717, 1.165) is 33.8 Å². The zero-order valence-corrected chi connectivity index (χ0v) is 13.4. The zero-order valence-electron chi connectivity index (χ0n) is 12.6. The minimum Gasteiger partial charge on any atom is -0.323 e. The zero-order chi connectivity index (χ0) is 15.6. The van der Waals surface area contributed by atoms with Crippen molar-refractivity contribution in [3.05, 3.63) is 64.7 Å². The second-order valence-electron chi connectivity index (χ2n) is 5.68. The topological polar surface area (TPSA) is 42.0 Å². The number of nitrogens with zero attached hydrogens (tertiary/aromatic N) is 1. The van der Waals surface area contributed by atoms with Gasteiger partial charge in [-0.3, -0.25) is 4.79 Å². The Morgan fingerprint density at radius 3 is 2.91 bits per heavy atom. The highest BCUT2D eigenvalue weighted by Gasteiger charge is 2.11. The molecule has 3 aromatic rings. The number of thiazole rings is 1. The van der Waals surface area contributed by atoms with E-state index in [1.165, 1.54) is 17.5 Å². The Morgan fingerprint density at radius 1 is 1.13 bits per heavy atom. The van der Waals surface area contributed by atoms with Crippen LogP contribution in [0.4, 0.5) is 5.69 Å². The number of amides is 1. The lowest BCUT2D eigenvalue weighted by molar-refractivity contribution is -0.111. The summed E-state index contributed by atoms with van der Waals surface area (Å²) in [6, 6.07) is 14.2. The molecular formula is C19H16N2OS. The van der Waals surface area contributed by atoms with Crippen LogP contribution in [0.15, 0.2) is 48.5 Å². The smallest absolute Gasteiger partial charge is 0.248 e. The normalized spacial score (nSPS) is 13.6. The highest BCUT2D eigenvalue weighted by molar-refractivity contribution is 7.19. The molecule has 1 aromatic heterocycles. The molecule has 1 heterocycles. The molecule has 114 valence electrons. The number of nitrogens with one attached hydrogen (secondary N) is 1. The van der Waals surface area contributed by atoms with Crippen molar-refractivity contribution in [1.82, 2.24) is 4.98 Å². The summed E-state index contributed by atoms with van der Waals surface area (Å²) in [7, 11) is 0. The van der Waals surface area contributed by atoms with Gasteiger partial charge in [-0.1, -0.05) is 18.2 Å². The molecule has 3 nitrogen and oxygen atoms in total. The van der Waals surface area contributed by atoms with Gasteiger partial charge in [-0.15, -0.1) is 11.3 Å². The van der Waals surface area contributed by atoms with Crippen molar-refractivity contribution in [1.29, 1.82) is 0 Å². The molecule has 0 saturated carbocycles. The average molecular weight is 320 g/mol. The van der Waals surface area contributed by atoms with Crippen molar-refractivity contribution in [2.24, 2.45) is 0 Å². The van der Waals surface area contributed by atoms with Crippen molar-refractivity contribution in [3.63, 3.8) is 0 Å². The van der Waals surface area contributed by atoms with Crippen LogP contribution in [-0.4, -0.2) is 10.9 Å². The van der Waals surface area contributed by atoms with Crippen LogP contribution in [0.25, 0.3) is 16.3 Å². The Balaban J connectivity index is 1.47. The van der Waals surface area contributed by atoms with Gasteiger partial charge < -0.3 is 5.32 Å². The van der Waals surface area contributed by atoms with Crippen LogP contribution in [-0.2, 0) is 17.6 Å². The molecule has 2 aromatic carbocycles. The second-order valence-corrected chi connectivity index (χ2v) is 6.74. The fourth-order valence-corrected chi connectivity index (χ4v) is 3.81. The van der Waals surface area contributed by atoms with E-state index in [4.69, 9.17) is 0 Å². The molecule has 1 amide bonds. The van der Waals surface area contributed by atoms with Gasteiger partial charge in [0.05, 0.1) is 10.2 Å². The first-order valence-electron chi connectivity index (χ1n) is 7.74. The van der Waals surface area contributed by atoms with Crippen LogP contribution in [0.3, 0.4) is 0 Å². The molecular weight excluding hydrogens is 304 g/mol. The molecule has 0 spiro atoms. The minimum absolute atomic E-state index is 0.123. The van der Waals surface area contributed by atoms with Gasteiger partial charge in [-0.25, -0.2) is 4.98 Å². The van der Waals surface area contributed by atoms with Crippen LogP contribution in [0.1, 0.15) is 22.6 Å².